The number of rotatable bonds is 4. The predicted molar refractivity (Wildman–Crippen MR) is 58.9 cm³/mol. The van der Waals surface area contributed by atoms with E-state index < -0.39 is 5.82 Å². The summed E-state index contributed by atoms with van der Waals surface area (Å²) in [4.78, 5) is 0. The first-order chi connectivity index (χ1) is 8.20. The van der Waals surface area contributed by atoms with E-state index in [2.05, 4.69) is 25.9 Å². The van der Waals surface area contributed by atoms with E-state index >= 15 is 0 Å². The third kappa shape index (κ3) is 2.41. The molecule has 4 N–H and O–H groups in total. The normalized spacial score (nSPS) is 10.2. The summed E-state index contributed by atoms with van der Waals surface area (Å²) in [5, 5.41) is 16.0. The molecule has 1 aromatic carbocycles. The zero-order valence-electron chi connectivity index (χ0n) is 9.07. The van der Waals surface area contributed by atoms with Gasteiger partial charge in [-0.05, 0) is 0 Å². The fraction of sp³-hybridized carbons (Fsp3) is 0.222. The molecule has 2 aromatic rings. The monoisotopic (exact) mass is 238 g/mol. The van der Waals surface area contributed by atoms with E-state index in [9.17, 15) is 4.39 Å². The van der Waals surface area contributed by atoms with E-state index in [1.165, 1.54) is 19.2 Å². The lowest BCUT2D eigenvalue weighted by molar-refractivity contribution is 0.416. The molecular weight excluding hydrogens is 227 g/mol. The summed E-state index contributed by atoms with van der Waals surface area (Å²) < 4.78 is 18.5. The summed E-state index contributed by atoms with van der Waals surface area (Å²) >= 11 is 0. The second-order valence-corrected chi connectivity index (χ2v) is 3.26. The van der Waals surface area contributed by atoms with E-state index in [1.807, 2.05) is 0 Å². The van der Waals surface area contributed by atoms with Crippen LogP contribution in [0.25, 0.3) is 0 Å². The predicted octanol–water partition coefficient (Wildman–Crippen LogP) is 0.542. The Kier molecular flexibility index (Phi) is 3.03. The van der Waals surface area contributed by atoms with Crippen molar-refractivity contribution in [2.45, 2.75) is 6.54 Å². The van der Waals surface area contributed by atoms with Gasteiger partial charge in [0, 0.05) is 12.1 Å². The van der Waals surface area contributed by atoms with Gasteiger partial charge in [0.1, 0.15) is 11.6 Å². The minimum absolute atomic E-state index is 0.245. The van der Waals surface area contributed by atoms with Crippen LogP contribution in [0.4, 0.5) is 15.8 Å². The fourth-order valence-corrected chi connectivity index (χ4v) is 1.31. The van der Waals surface area contributed by atoms with Gasteiger partial charge in [-0.3, -0.25) is 0 Å². The number of ether oxygens (including phenoxy) is 1. The number of H-pyrrole nitrogens is 1. The maximum Gasteiger partial charge on any atom is 0.193 e. The Morgan fingerprint density at radius 1 is 1.53 bits per heavy atom. The number of anilines is 2. The molecule has 0 fully saturated rings. The van der Waals surface area contributed by atoms with E-state index in [4.69, 9.17) is 10.5 Å². The molecule has 90 valence electrons. The quantitative estimate of drug-likeness (QED) is 0.672. The largest absolute Gasteiger partial charge is 0.495 e. The van der Waals surface area contributed by atoms with Crippen molar-refractivity contribution in [1.82, 2.24) is 20.6 Å². The number of benzene rings is 1. The third-order valence-corrected chi connectivity index (χ3v) is 2.15. The van der Waals surface area contributed by atoms with Crippen molar-refractivity contribution >= 4 is 11.4 Å². The molecule has 1 heterocycles. The van der Waals surface area contributed by atoms with Gasteiger partial charge in [0.15, 0.2) is 5.82 Å². The highest BCUT2D eigenvalue weighted by Gasteiger charge is 2.08. The number of hydrogen-bond donors (Lipinski definition) is 3. The van der Waals surface area contributed by atoms with Gasteiger partial charge in [0.2, 0.25) is 0 Å². The van der Waals surface area contributed by atoms with Gasteiger partial charge < -0.3 is 15.8 Å². The number of aromatic nitrogens is 4. The zero-order valence-corrected chi connectivity index (χ0v) is 9.07. The Morgan fingerprint density at radius 3 is 3.00 bits per heavy atom. The molecule has 0 bridgehead atoms. The Labute approximate surface area is 96.2 Å². The van der Waals surface area contributed by atoms with Crippen molar-refractivity contribution in [3.8, 4) is 5.75 Å². The summed E-state index contributed by atoms with van der Waals surface area (Å²) in [6.45, 7) is 0.250. The molecule has 0 saturated carbocycles. The molecule has 7 nitrogen and oxygen atoms in total. The third-order valence-electron chi connectivity index (χ3n) is 2.15. The van der Waals surface area contributed by atoms with E-state index in [0.29, 0.717) is 11.6 Å². The highest BCUT2D eigenvalue weighted by Crippen LogP contribution is 2.28. The lowest BCUT2D eigenvalue weighted by Crippen LogP contribution is -2.04. The second-order valence-electron chi connectivity index (χ2n) is 3.26. The number of nitrogen functional groups attached to an aromatic ring is 1. The van der Waals surface area contributed by atoms with Gasteiger partial charge in [0.25, 0.3) is 0 Å². The standard InChI is InChI=1S/C9H11FN6O/c1-17-8-3-7(5(10)2-6(8)11)12-4-9-13-15-16-14-9/h2-3,12H,4,11H2,1H3,(H,13,14,15,16). The number of aromatic amines is 1. The van der Waals surface area contributed by atoms with Crippen LogP contribution in [-0.4, -0.2) is 27.7 Å². The van der Waals surface area contributed by atoms with Crippen molar-refractivity contribution in [2.24, 2.45) is 0 Å². The molecule has 0 saturated heterocycles. The van der Waals surface area contributed by atoms with Gasteiger partial charge in [-0.1, -0.05) is 5.21 Å². The van der Waals surface area contributed by atoms with Crippen molar-refractivity contribution in [3.05, 3.63) is 23.8 Å². The minimum atomic E-state index is -0.466. The molecule has 0 aliphatic rings. The summed E-state index contributed by atoms with van der Waals surface area (Å²) in [6.07, 6.45) is 0. The maximum absolute atomic E-state index is 13.5. The number of hydrogen-bond acceptors (Lipinski definition) is 6. The van der Waals surface area contributed by atoms with Crippen molar-refractivity contribution in [2.75, 3.05) is 18.2 Å². The molecule has 8 heteroatoms. The average molecular weight is 238 g/mol. The Morgan fingerprint density at radius 2 is 2.35 bits per heavy atom. The Bertz CT molecular complexity index is 500. The minimum Gasteiger partial charge on any atom is -0.495 e. The maximum atomic E-state index is 13.5. The molecule has 0 unspecified atom stereocenters. The van der Waals surface area contributed by atoms with Crippen LogP contribution in [0.3, 0.4) is 0 Å². The fourth-order valence-electron chi connectivity index (χ4n) is 1.31. The molecule has 0 radical (unpaired) electrons. The molecule has 0 aliphatic heterocycles. The van der Waals surface area contributed by atoms with Crippen LogP contribution in [0.15, 0.2) is 12.1 Å². The molecule has 0 spiro atoms. The van der Waals surface area contributed by atoms with Crippen LogP contribution >= 0.6 is 0 Å². The van der Waals surface area contributed by atoms with Gasteiger partial charge in [-0.25, -0.2) is 4.39 Å². The number of nitrogens with two attached hydrogens (primary N) is 1. The van der Waals surface area contributed by atoms with E-state index in [1.54, 1.807) is 0 Å². The van der Waals surface area contributed by atoms with E-state index in [0.717, 1.165) is 0 Å². The Hall–Kier alpha value is -2.38. The van der Waals surface area contributed by atoms with Gasteiger partial charge >= 0.3 is 0 Å². The van der Waals surface area contributed by atoms with Crippen molar-refractivity contribution < 1.29 is 9.13 Å². The van der Waals surface area contributed by atoms with Gasteiger partial charge in [-0.15, -0.1) is 10.2 Å². The molecule has 0 atom stereocenters. The first-order valence-electron chi connectivity index (χ1n) is 4.80. The molecular formula is C9H11FN6O. The van der Waals surface area contributed by atoms with Crippen LogP contribution in [0.5, 0.6) is 5.75 Å². The average Bonchev–Trinajstić information content (AvgIpc) is 2.81. The van der Waals surface area contributed by atoms with Crippen LogP contribution in [0.2, 0.25) is 0 Å². The molecule has 1 aromatic heterocycles. The molecule has 0 amide bonds. The Balaban J connectivity index is 2.15. The lowest BCUT2D eigenvalue weighted by atomic mass is 10.2. The van der Waals surface area contributed by atoms with Gasteiger partial charge in [0.05, 0.1) is 25.0 Å². The summed E-state index contributed by atoms with van der Waals surface area (Å²) in [5.41, 5.74) is 6.07. The van der Waals surface area contributed by atoms with Crippen LogP contribution in [0, 0.1) is 5.82 Å². The SMILES string of the molecule is COc1cc(NCc2nn[nH]n2)c(F)cc1N. The number of methoxy groups -OCH3 is 1. The molecule has 0 aliphatic carbocycles. The summed E-state index contributed by atoms with van der Waals surface area (Å²) in [7, 11) is 1.46. The first kappa shape index (κ1) is 11.1. The lowest BCUT2D eigenvalue weighted by Gasteiger charge is -2.09. The topological polar surface area (TPSA) is 102 Å². The van der Waals surface area contributed by atoms with Crippen molar-refractivity contribution in [3.63, 3.8) is 0 Å². The number of halogens is 1. The first-order valence-corrected chi connectivity index (χ1v) is 4.80. The smallest absolute Gasteiger partial charge is 0.193 e. The van der Waals surface area contributed by atoms with Gasteiger partial charge in [-0.2, -0.15) is 5.21 Å². The highest BCUT2D eigenvalue weighted by molar-refractivity contribution is 5.62. The number of nitrogens with zero attached hydrogens (tertiary/aromatic N) is 3. The number of tetrazole rings is 1. The highest BCUT2D eigenvalue weighted by atomic mass is 19.1. The molecule has 17 heavy (non-hydrogen) atoms. The van der Waals surface area contributed by atoms with Crippen LogP contribution in [0.1, 0.15) is 5.82 Å². The summed E-state index contributed by atoms with van der Waals surface area (Å²) in [6, 6.07) is 2.67. The number of nitrogens with one attached hydrogen (secondary N) is 2. The second kappa shape index (κ2) is 4.64. The molecule has 2 rings (SSSR count). The van der Waals surface area contributed by atoms with Crippen LogP contribution < -0.4 is 15.8 Å². The zero-order chi connectivity index (χ0) is 12.3. The summed E-state index contributed by atoms with van der Waals surface area (Å²) in [5.74, 6) is 0.369. The van der Waals surface area contributed by atoms with E-state index in [-0.39, 0.29) is 17.9 Å². The van der Waals surface area contributed by atoms with Crippen LogP contribution in [-0.2, 0) is 6.54 Å². The van der Waals surface area contributed by atoms with Crippen molar-refractivity contribution in [1.29, 1.82) is 0 Å².